The summed E-state index contributed by atoms with van der Waals surface area (Å²) in [4.78, 5) is 0. The van der Waals surface area contributed by atoms with Gasteiger partial charge in [0.05, 0.1) is 0 Å². The number of furan rings is 1. The molecule has 0 bridgehead atoms. The first-order chi connectivity index (χ1) is 6.79. The minimum absolute atomic E-state index is 0.0590. The first kappa shape index (κ1) is 9.49. The summed E-state index contributed by atoms with van der Waals surface area (Å²) in [6.45, 7) is -0.0590. The van der Waals surface area contributed by atoms with E-state index in [1.54, 1.807) is 6.07 Å². The van der Waals surface area contributed by atoms with E-state index in [9.17, 15) is 0 Å². The van der Waals surface area contributed by atoms with Gasteiger partial charge in [0.2, 0.25) is 0 Å². The number of rotatable bonds is 2. The SMILES string of the molecule is OCc1ccc(-c2ccc(Br)cc2)o1. The standard InChI is InChI=1S/C11H9BrO2/c12-9-3-1-8(2-4-9)11-6-5-10(7-13)14-11/h1-6,13H,7H2. The van der Waals surface area contributed by atoms with Crippen LogP contribution in [0.25, 0.3) is 11.3 Å². The Morgan fingerprint density at radius 1 is 1.07 bits per heavy atom. The summed E-state index contributed by atoms with van der Waals surface area (Å²) in [7, 11) is 0. The van der Waals surface area contributed by atoms with Gasteiger partial charge in [-0.2, -0.15) is 0 Å². The van der Waals surface area contributed by atoms with Crippen LogP contribution in [0.5, 0.6) is 0 Å². The molecule has 1 heterocycles. The molecule has 0 saturated carbocycles. The molecule has 1 aromatic heterocycles. The highest BCUT2D eigenvalue weighted by atomic mass is 79.9. The molecular formula is C11H9BrO2. The molecule has 0 aliphatic heterocycles. The van der Waals surface area contributed by atoms with Gasteiger partial charge in [-0.25, -0.2) is 0 Å². The van der Waals surface area contributed by atoms with Gasteiger partial charge in [0.1, 0.15) is 18.1 Å². The maximum Gasteiger partial charge on any atom is 0.134 e. The molecule has 0 unspecified atom stereocenters. The van der Waals surface area contributed by atoms with Crippen LogP contribution in [0.2, 0.25) is 0 Å². The largest absolute Gasteiger partial charge is 0.459 e. The van der Waals surface area contributed by atoms with Crippen LogP contribution in [-0.2, 0) is 6.61 Å². The Morgan fingerprint density at radius 3 is 2.36 bits per heavy atom. The van der Waals surface area contributed by atoms with Crippen LogP contribution in [0.4, 0.5) is 0 Å². The van der Waals surface area contributed by atoms with Crippen molar-refractivity contribution in [2.75, 3.05) is 0 Å². The Morgan fingerprint density at radius 2 is 1.79 bits per heavy atom. The second kappa shape index (κ2) is 3.98. The summed E-state index contributed by atoms with van der Waals surface area (Å²) in [5, 5.41) is 8.84. The molecule has 0 amide bonds. The summed E-state index contributed by atoms with van der Waals surface area (Å²) in [6.07, 6.45) is 0. The molecule has 0 radical (unpaired) electrons. The molecule has 0 aliphatic carbocycles. The van der Waals surface area contributed by atoms with E-state index in [1.165, 1.54) is 0 Å². The molecule has 0 fully saturated rings. The zero-order chi connectivity index (χ0) is 9.97. The van der Waals surface area contributed by atoms with Crippen molar-refractivity contribution in [2.45, 2.75) is 6.61 Å². The van der Waals surface area contributed by atoms with Crippen LogP contribution >= 0.6 is 15.9 Å². The Hall–Kier alpha value is -1.06. The topological polar surface area (TPSA) is 33.4 Å². The normalized spacial score (nSPS) is 10.4. The van der Waals surface area contributed by atoms with Gasteiger partial charge >= 0.3 is 0 Å². The third-order valence-electron chi connectivity index (χ3n) is 1.95. The molecule has 2 nitrogen and oxygen atoms in total. The molecule has 0 saturated heterocycles. The van der Waals surface area contributed by atoms with Gasteiger partial charge in [0.15, 0.2) is 0 Å². The lowest BCUT2D eigenvalue weighted by atomic mass is 10.2. The van der Waals surface area contributed by atoms with Crippen LogP contribution in [0, 0.1) is 0 Å². The molecule has 0 atom stereocenters. The third-order valence-corrected chi connectivity index (χ3v) is 2.47. The molecule has 2 rings (SSSR count). The van der Waals surface area contributed by atoms with Crippen LogP contribution in [0.3, 0.4) is 0 Å². The van der Waals surface area contributed by atoms with E-state index < -0.39 is 0 Å². The molecule has 14 heavy (non-hydrogen) atoms. The van der Waals surface area contributed by atoms with E-state index in [2.05, 4.69) is 15.9 Å². The Bertz CT molecular complexity index is 417. The Balaban J connectivity index is 2.34. The molecule has 0 aliphatic rings. The van der Waals surface area contributed by atoms with Crippen LogP contribution in [0.15, 0.2) is 45.3 Å². The summed E-state index contributed by atoms with van der Waals surface area (Å²) in [6, 6.07) is 11.5. The molecular weight excluding hydrogens is 244 g/mol. The number of benzene rings is 1. The molecule has 72 valence electrons. The summed E-state index contributed by atoms with van der Waals surface area (Å²) < 4.78 is 6.43. The van der Waals surface area contributed by atoms with Gasteiger partial charge < -0.3 is 9.52 Å². The zero-order valence-corrected chi connectivity index (χ0v) is 8.99. The number of aliphatic hydroxyl groups excluding tert-OH is 1. The van der Waals surface area contributed by atoms with Gasteiger partial charge in [-0.3, -0.25) is 0 Å². The van der Waals surface area contributed by atoms with Gasteiger partial charge in [-0.1, -0.05) is 28.1 Å². The van der Waals surface area contributed by atoms with E-state index in [0.717, 1.165) is 15.8 Å². The highest BCUT2D eigenvalue weighted by Crippen LogP contribution is 2.23. The maximum atomic E-state index is 8.84. The quantitative estimate of drug-likeness (QED) is 0.891. The highest BCUT2D eigenvalue weighted by molar-refractivity contribution is 9.10. The van der Waals surface area contributed by atoms with Crippen molar-refractivity contribution in [1.82, 2.24) is 0 Å². The molecule has 0 spiro atoms. The van der Waals surface area contributed by atoms with Crippen molar-refractivity contribution in [2.24, 2.45) is 0 Å². The summed E-state index contributed by atoms with van der Waals surface area (Å²) >= 11 is 3.37. The van der Waals surface area contributed by atoms with Crippen molar-refractivity contribution < 1.29 is 9.52 Å². The lowest BCUT2D eigenvalue weighted by molar-refractivity contribution is 0.248. The fraction of sp³-hybridized carbons (Fsp3) is 0.0909. The number of halogens is 1. The fourth-order valence-corrected chi connectivity index (χ4v) is 1.50. The van der Waals surface area contributed by atoms with Crippen molar-refractivity contribution >= 4 is 15.9 Å². The van der Waals surface area contributed by atoms with E-state index in [1.807, 2.05) is 30.3 Å². The second-order valence-corrected chi connectivity index (χ2v) is 3.85. The molecule has 1 N–H and O–H groups in total. The smallest absolute Gasteiger partial charge is 0.134 e. The van der Waals surface area contributed by atoms with E-state index in [-0.39, 0.29) is 6.61 Å². The minimum Gasteiger partial charge on any atom is -0.459 e. The number of hydrogen-bond donors (Lipinski definition) is 1. The summed E-state index contributed by atoms with van der Waals surface area (Å²) in [5.41, 5.74) is 1.01. The van der Waals surface area contributed by atoms with Gasteiger partial charge in [0.25, 0.3) is 0 Å². The van der Waals surface area contributed by atoms with Crippen molar-refractivity contribution in [1.29, 1.82) is 0 Å². The highest BCUT2D eigenvalue weighted by Gasteiger charge is 2.03. The van der Waals surface area contributed by atoms with Crippen LogP contribution in [0.1, 0.15) is 5.76 Å². The maximum absolute atomic E-state index is 8.84. The minimum atomic E-state index is -0.0590. The van der Waals surface area contributed by atoms with Gasteiger partial charge in [0, 0.05) is 10.0 Å². The van der Waals surface area contributed by atoms with E-state index >= 15 is 0 Å². The first-order valence-corrected chi connectivity index (χ1v) is 5.04. The Kier molecular flexibility index (Phi) is 2.70. The predicted octanol–water partition coefficient (Wildman–Crippen LogP) is 3.20. The average Bonchev–Trinajstić information content (AvgIpc) is 2.67. The van der Waals surface area contributed by atoms with Crippen LogP contribution in [-0.4, -0.2) is 5.11 Å². The van der Waals surface area contributed by atoms with Gasteiger partial charge in [-0.15, -0.1) is 0 Å². The first-order valence-electron chi connectivity index (χ1n) is 4.25. The molecule has 3 heteroatoms. The van der Waals surface area contributed by atoms with E-state index in [4.69, 9.17) is 9.52 Å². The zero-order valence-electron chi connectivity index (χ0n) is 7.40. The monoisotopic (exact) mass is 252 g/mol. The Labute approximate surface area is 90.3 Å². The third kappa shape index (κ3) is 1.89. The second-order valence-electron chi connectivity index (χ2n) is 2.93. The lowest BCUT2D eigenvalue weighted by Crippen LogP contribution is -1.75. The molecule has 2 aromatic rings. The van der Waals surface area contributed by atoms with Crippen molar-refractivity contribution in [3.63, 3.8) is 0 Å². The number of hydrogen-bond acceptors (Lipinski definition) is 2. The van der Waals surface area contributed by atoms with Crippen molar-refractivity contribution in [3.8, 4) is 11.3 Å². The van der Waals surface area contributed by atoms with Gasteiger partial charge in [-0.05, 0) is 24.3 Å². The van der Waals surface area contributed by atoms with Crippen molar-refractivity contribution in [3.05, 3.63) is 46.6 Å². The van der Waals surface area contributed by atoms with E-state index in [0.29, 0.717) is 5.76 Å². The lowest BCUT2D eigenvalue weighted by Gasteiger charge is -1.96. The van der Waals surface area contributed by atoms with Crippen LogP contribution < -0.4 is 0 Å². The fourth-order valence-electron chi connectivity index (χ4n) is 1.23. The molecule has 1 aromatic carbocycles. The summed E-state index contributed by atoms with van der Waals surface area (Å²) in [5.74, 6) is 1.37. The average molecular weight is 253 g/mol. The predicted molar refractivity (Wildman–Crippen MR) is 57.8 cm³/mol. The number of aliphatic hydroxyl groups is 1.